The lowest BCUT2D eigenvalue weighted by atomic mass is 10.1. The number of nitrogens with zero attached hydrogens (tertiary/aromatic N) is 2. The van der Waals surface area contributed by atoms with Crippen LogP contribution in [0.1, 0.15) is 18.1 Å². The van der Waals surface area contributed by atoms with Gasteiger partial charge < -0.3 is 15.4 Å². The topological polar surface area (TPSA) is 92.3 Å². The average Bonchev–Trinajstić information content (AvgIpc) is 3.26. The molecule has 0 aliphatic carbocycles. The summed E-state index contributed by atoms with van der Waals surface area (Å²) in [6, 6.07) is 15.9. The molecule has 0 aliphatic rings. The van der Waals surface area contributed by atoms with Crippen LogP contribution in [0.4, 0.5) is 5.13 Å². The number of thiazole rings is 1. The maximum Gasteiger partial charge on any atom is 0.343 e. The van der Waals surface area contributed by atoms with Gasteiger partial charge in [-0.25, -0.2) is 0 Å². The van der Waals surface area contributed by atoms with Crippen LogP contribution >= 0.6 is 11.3 Å². The monoisotopic (exact) mass is 424 g/mol. The third kappa shape index (κ3) is 5.81. The number of hydrazine groups is 1. The van der Waals surface area contributed by atoms with Gasteiger partial charge in [-0.15, -0.1) is 4.68 Å². The van der Waals surface area contributed by atoms with E-state index < -0.39 is 0 Å². The van der Waals surface area contributed by atoms with Crippen molar-refractivity contribution in [3.8, 4) is 17.0 Å². The second-order valence-corrected chi connectivity index (χ2v) is 7.51. The standard InChI is InChI=1S/C22H25N5O2S/c1-16(28)25-13-17-6-5-8-19(12-17)20-14-30-22(26-20)27(23)15-24-11-10-18-7-3-4-9-21(18)29-2/h3-9,12,14-15H,10-11,13,23H2,1-2H3,(H,25,28)/p+1. The van der Waals surface area contributed by atoms with Crippen molar-refractivity contribution < 1.29 is 14.2 Å². The van der Waals surface area contributed by atoms with E-state index in [0.717, 1.165) is 41.1 Å². The fourth-order valence-corrected chi connectivity index (χ4v) is 3.65. The Morgan fingerprint density at radius 1 is 1.27 bits per heavy atom. The molecular weight excluding hydrogens is 398 g/mol. The molecule has 0 atom stereocenters. The smallest absolute Gasteiger partial charge is 0.343 e. The first kappa shape index (κ1) is 21.3. The Labute approximate surface area is 180 Å². The van der Waals surface area contributed by atoms with Gasteiger partial charge in [0.05, 0.1) is 13.7 Å². The number of aromatic nitrogens is 1. The fraction of sp³-hybridized carbons (Fsp3) is 0.227. The van der Waals surface area contributed by atoms with Crippen molar-refractivity contribution in [2.24, 2.45) is 5.84 Å². The van der Waals surface area contributed by atoms with Gasteiger partial charge in [-0.05, 0) is 23.3 Å². The number of hydrogen-bond donors (Lipinski definition) is 3. The molecule has 0 saturated carbocycles. The van der Waals surface area contributed by atoms with Crippen LogP contribution in [0.3, 0.4) is 0 Å². The maximum absolute atomic E-state index is 11.1. The van der Waals surface area contributed by atoms with Crippen LogP contribution in [0.25, 0.3) is 11.3 Å². The van der Waals surface area contributed by atoms with Crippen molar-refractivity contribution >= 4 is 28.7 Å². The number of hydrazone groups is 1. The van der Waals surface area contributed by atoms with E-state index in [1.807, 2.05) is 53.9 Å². The lowest BCUT2D eigenvalue weighted by Gasteiger charge is -2.06. The van der Waals surface area contributed by atoms with Crippen molar-refractivity contribution in [1.82, 2.24) is 15.6 Å². The maximum atomic E-state index is 11.1. The van der Waals surface area contributed by atoms with Crippen molar-refractivity contribution in [3.63, 3.8) is 0 Å². The Morgan fingerprint density at radius 3 is 2.90 bits per heavy atom. The molecule has 7 nitrogen and oxygen atoms in total. The van der Waals surface area contributed by atoms with E-state index in [-0.39, 0.29) is 5.91 Å². The van der Waals surface area contributed by atoms with E-state index >= 15 is 0 Å². The lowest BCUT2D eigenvalue weighted by Crippen LogP contribution is -2.26. The van der Waals surface area contributed by atoms with E-state index in [0.29, 0.717) is 11.7 Å². The first-order chi connectivity index (χ1) is 14.6. The predicted octanol–water partition coefficient (Wildman–Crippen LogP) is 2.83. The van der Waals surface area contributed by atoms with Gasteiger partial charge in [-0.1, -0.05) is 52.7 Å². The van der Waals surface area contributed by atoms with Crippen LogP contribution in [0.2, 0.25) is 0 Å². The third-order valence-corrected chi connectivity index (χ3v) is 5.29. The molecule has 1 heterocycles. The van der Waals surface area contributed by atoms with Crippen LogP contribution in [-0.4, -0.2) is 35.6 Å². The first-order valence-electron chi connectivity index (χ1n) is 9.58. The SMILES string of the molecule is COc1ccccc1CCNC=[N+](N)c1nc(-c2cccc(CNC(C)=O)c2)cs1. The van der Waals surface area contributed by atoms with Gasteiger partial charge in [0.1, 0.15) is 5.75 Å². The highest BCUT2D eigenvalue weighted by Gasteiger charge is 2.13. The zero-order valence-corrected chi connectivity index (χ0v) is 17.9. The summed E-state index contributed by atoms with van der Waals surface area (Å²) in [6.07, 6.45) is 2.53. The summed E-state index contributed by atoms with van der Waals surface area (Å²) in [5, 5.41) is 8.67. The fourth-order valence-electron chi connectivity index (χ4n) is 2.92. The summed E-state index contributed by atoms with van der Waals surface area (Å²) in [5.41, 5.74) is 3.99. The molecular formula is C22H26N5O2S+. The number of amides is 1. The molecule has 1 amide bonds. The number of nitrogens with one attached hydrogen (secondary N) is 2. The van der Waals surface area contributed by atoms with Crippen LogP contribution in [0, 0.1) is 0 Å². The largest absolute Gasteiger partial charge is 0.496 e. The number of nitrogens with two attached hydrogens (primary N) is 1. The van der Waals surface area contributed by atoms with Crippen molar-refractivity contribution in [2.45, 2.75) is 19.9 Å². The molecule has 0 saturated heterocycles. The normalized spacial score (nSPS) is 11.2. The number of rotatable bonds is 9. The predicted molar refractivity (Wildman–Crippen MR) is 120 cm³/mol. The Hall–Kier alpha value is -3.39. The minimum absolute atomic E-state index is 0.0520. The van der Waals surface area contributed by atoms with Crippen LogP contribution in [-0.2, 0) is 17.8 Å². The van der Waals surface area contributed by atoms with Gasteiger partial charge in [0.15, 0.2) is 5.69 Å². The highest BCUT2D eigenvalue weighted by Crippen LogP contribution is 2.26. The molecule has 0 unspecified atom stereocenters. The lowest BCUT2D eigenvalue weighted by molar-refractivity contribution is -0.448. The summed E-state index contributed by atoms with van der Waals surface area (Å²) < 4.78 is 6.85. The zero-order chi connectivity index (χ0) is 21.3. The molecule has 3 aromatic rings. The van der Waals surface area contributed by atoms with Crippen molar-refractivity contribution in [1.29, 1.82) is 0 Å². The number of hydrogen-bond acceptors (Lipinski definition) is 5. The zero-order valence-electron chi connectivity index (χ0n) is 17.1. The van der Waals surface area contributed by atoms with E-state index in [1.165, 1.54) is 22.9 Å². The highest BCUT2D eigenvalue weighted by molar-refractivity contribution is 7.13. The number of carbonyl (C=O) groups is 1. The molecule has 3 rings (SSSR count). The van der Waals surface area contributed by atoms with Crippen molar-refractivity contribution in [2.75, 3.05) is 13.7 Å². The molecule has 30 heavy (non-hydrogen) atoms. The number of ether oxygens (including phenoxy) is 1. The molecule has 0 spiro atoms. The van der Waals surface area contributed by atoms with Crippen LogP contribution in [0.15, 0.2) is 53.9 Å². The summed E-state index contributed by atoms with van der Waals surface area (Å²) >= 11 is 1.47. The Bertz CT molecular complexity index is 1030. The van der Waals surface area contributed by atoms with Crippen LogP contribution < -0.4 is 21.2 Å². The molecule has 2 aromatic carbocycles. The molecule has 8 heteroatoms. The number of methoxy groups -OCH3 is 1. The Kier molecular flexibility index (Phi) is 7.40. The molecule has 1 aromatic heterocycles. The van der Waals surface area contributed by atoms with E-state index in [9.17, 15) is 4.79 Å². The number of para-hydroxylation sites is 1. The second kappa shape index (κ2) is 10.4. The first-order valence-corrected chi connectivity index (χ1v) is 10.5. The highest BCUT2D eigenvalue weighted by atomic mass is 32.1. The second-order valence-electron chi connectivity index (χ2n) is 6.68. The minimum Gasteiger partial charge on any atom is -0.496 e. The van der Waals surface area contributed by atoms with Gasteiger partial charge in [0, 0.05) is 30.8 Å². The Morgan fingerprint density at radius 2 is 2.10 bits per heavy atom. The number of carbonyl (C=O) groups excluding carboxylic acids is 1. The van der Waals surface area contributed by atoms with Gasteiger partial charge in [-0.3, -0.25) is 10.6 Å². The van der Waals surface area contributed by atoms with Gasteiger partial charge >= 0.3 is 5.13 Å². The molecule has 4 N–H and O–H groups in total. The van der Waals surface area contributed by atoms with Gasteiger partial charge in [0.2, 0.25) is 12.2 Å². The Balaban J connectivity index is 1.60. The summed E-state index contributed by atoms with van der Waals surface area (Å²) in [5.74, 6) is 6.96. The third-order valence-electron chi connectivity index (χ3n) is 4.44. The van der Waals surface area contributed by atoms with E-state index in [4.69, 9.17) is 10.6 Å². The summed E-state index contributed by atoms with van der Waals surface area (Å²) in [4.78, 5) is 15.7. The summed E-state index contributed by atoms with van der Waals surface area (Å²) in [7, 11) is 1.68. The van der Waals surface area contributed by atoms with Crippen molar-refractivity contribution in [3.05, 3.63) is 65.0 Å². The molecule has 0 radical (unpaired) electrons. The molecule has 0 fully saturated rings. The number of benzene rings is 2. The average molecular weight is 425 g/mol. The van der Waals surface area contributed by atoms with Gasteiger partial charge in [-0.2, -0.15) is 0 Å². The quantitative estimate of drug-likeness (QED) is 0.123. The van der Waals surface area contributed by atoms with Crippen LogP contribution in [0.5, 0.6) is 5.75 Å². The summed E-state index contributed by atoms with van der Waals surface area (Å²) in [6.45, 7) is 2.72. The minimum atomic E-state index is -0.0520. The van der Waals surface area contributed by atoms with E-state index in [1.54, 1.807) is 13.4 Å². The molecule has 0 aliphatic heterocycles. The molecule has 0 bridgehead atoms. The molecule has 156 valence electrons. The van der Waals surface area contributed by atoms with Gasteiger partial charge in [0.25, 0.3) is 0 Å². The van der Waals surface area contributed by atoms with E-state index in [2.05, 4.69) is 15.6 Å².